The van der Waals surface area contributed by atoms with Gasteiger partial charge in [-0.05, 0) is 46.8 Å². The van der Waals surface area contributed by atoms with E-state index < -0.39 is 33.2 Å². The number of aliphatic hydroxyl groups excluding tert-OH is 1. The second kappa shape index (κ2) is 7.85. The van der Waals surface area contributed by atoms with Crippen LogP contribution in [0.5, 0.6) is 0 Å². The highest BCUT2D eigenvalue weighted by Crippen LogP contribution is 2.30. The molecule has 2 atom stereocenters. The molecule has 0 aliphatic rings. The highest BCUT2D eigenvalue weighted by atomic mass is 32.2. The quantitative estimate of drug-likeness (QED) is 0.585. The minimum Gasteiger partial charge on any atom is -0.460 e. The van der Waals surface area contributed by atoms with Gasteiger partial charge in [0, 0.05) is 5.41 Å². The maximum atomic E-state index is 12.3. The van der Waals surface area contributed by atoms with Crippen molar-refractivity contribution in [2.24, 2.45) is 5.41 Å². The van der Waals surface area contributed by atoms with Gasteiger partial charge in [-0.1, -0.05) is 24.6 Å². The molecular formula is C18H28O6S. The van der Waals surface area contributed by atoms with E-state index in [1.165, 1.54) is 19.1 Å². The van der Waals surface area contributed by atoms with Crippen LogP contribution in [-0.2, 0) is 23.8 Å². The summed E-state index contributed by atoms with van der Waals surface area (Å²) in [5, 5.41) is 10.0. The van der Waals surface area contributed by atoms with E-state index in [2.05, 4.69) is 0 Å². The lowest BCUT2D eigenvalue weighted by Gasteiger charge is -2.32. The van der Waals surface area contributed by atoms with E-state index in [1.807, 2.05) is 6.92 Å². The molecule has 0 fully saturated rings. The summed E-state index contributed by atoms with van der Waals surface area (Å²) in [5.41, 5.74) is -0.830. The highest BCUT2D eigenvalue weighted by Gasteiger charge is 2.37. The van der Waals surface area contributed by atoms with E-state index in [0.717, 1.165) is 5.56 Å². The number of benzene rings is 1. The summed E-state index contributed by atoms with van der Waals surface area (Å²) in [4.78, 5) is 12.1. The highest BCUT2D eigenvalue weighted by molar-refractivity contribution is 7.86. The van der Waals surface area contributed by atoms with E-state index in [4.69, 9.17) is 8.92 Å². The SMILES string of the molecule is Cc1ccc(S(=O)(=O)OC[C@@](C)(CC(=O)OC(C)(C)C)C(C)O)cc1. The Hall–Kier alpha value is -1.44. The molecule has 25 heavy (non-hydrogen) atoms. The number of hydrogen-bond acceptors (Lipinski definition) is 6. The number of ether oxygens (including phenoxy) is 1. The Balaban J connectivity index is 2.87. The fourth-order valence-corrected chi connectivity index (χ4v) is 3.04. The van der Waals surface area contributed by atoms with Crippen molar-refractivity contribution in [1.29, 1.82) is 0 Å². The Kier molecular flexibility index (Phi) is 6.78. The molecule has 0 saturated heterocycles. The Morgan fingerprint density at radius 2 is 1.68 bits per heavy atom. The van der Waals surface area contributed by atoms with Crippen LogP contribution in [-0.4, -0.2) is 37.8 Å². The van der Waals surface area contributed by atoms with E-state index in [0.29, 0.717) is 0 Å². The fraction of sp³-hybridized carbons (Fsp3) is 0.611. The smallest absolute Gasteiger partial charge is 0.307 e. The molecule has 1 rings (SSSR count). The average Bonchev–Trinajstić information content (AvgIpc) is 2.43. The van der Waals surface area contributed by atoms with Crippen LogP contribution in [0.2, 0.25) is 0 Å². The fourth-order valence-electron chi connectivity index (χ4n) is 2.01. The van der Waals surface area contributed by atoms with Crippen LogP contribution < -0.4 is 0 Å². The summed E-state index contributed by atoms with van der Waals surface area (Å²) in [5.74, 6) is -0.521. The third-order valence-electron chi connectivity index (χ3n) is 3.83. The van der Waals surface area contributed by atoms with E-state index >= 15 is 0 Å². The molecule has 6 nitrogen and oxygen atoms in total. The molecule has 0 amide bonds. The van der Waals surface area contributed by atoms with Crippen LogP contribution in [0, 0.1) is 12.3 Å². The molecule has 1 N–H and O–H groups in total. The van der Waals surface area contributed by atoms with Crippen molar-refractivity contribution in [3.05, 3.63) is 29.8 Å². The summed E-state index contributed by atoms with van der Waals surface area (Å²) in [6.07, 6.45) is -1.13. The van der Waals surface area contributed by atoms with Crippen molar-refractivity contribution in [3.63, 3.8) is 0 Å². The van der Waals surface area contributed by atoms with Crippen LogP contribution in [0.15, 0.2) is 29.2 Å². The Labute approximate surface area is 150 Å². The van der Waals surface area contributed by atoms with E-state index in [9.17, 15) is 18.3 Å². The molecule has 1 unspecified atom stereocenters. The lowest BCUT2D eigenvalue weighted by molar-refractivity contribution is -0.160. The third-order valence-corrected chi connectivity index (χ3v) is 5.11. The van der Waals surface area contributed by atoms with Gasteiger partial charge in [0.1, 0.15) is 5.60 Å². The Bertz CT molecular complexity index is 685. The van der Waals surface area contributed by atoms with Gasteiger partial charge in [0.15, 0.2) is 0 Å². The van der Waals surface area contributed by atoms with Gasteiger partial charge in [-0.15, -0.1) is 0 Å². The van der Waals surface area contributed by atoms with Gasteiger partial charge in [0.2, 0.25) is 0 Å². The predicted octanol–water partition coefficient (Wildman–Crippen LogP) is 2.82. The second-order valence-corrected chi connectivity index (χ2v) is 9.24. The monoisotopic (exact) mass is 372 g/mol. The molecule has 0 heterocycles. The van der Waals surface area contributed by atoms with Gasteiger partial charge in [-0.2, -0.15) is 8.42 Å². The largest absolute Gasteiger partial charge is 0.460 e. The van der Waals surface area contributed by atoms with Crippen LogP contribution in [0.1, 0.15) is 46.6 Å². The normalized spacial score (nSPS) is 16.1. The van der Waals surface area contributed by atoms with Crippen molar-refractivity contribution in [2.75, 3.05) is 6.61 Å². The zero-order chi connectivity index (χ0) is 19.5. The van der Waals surface area contributed by atoms with Gasteiger partial charge in [-0.3, -0.25) is 8.98 Å². The number of hydrogen-bond donors (Lipinski definition) is 1. The molecule has 1 aromatic carbocycles. The van der Waals surface area contributed by atoms with Crippen molar-refractivity contribution < 1.29 is 27.2 Å². The lowest BCUT2D eigenvalue weighted by Crippen LogP contribution is -2.39. The van der Waals surface area contributed by atoms with Crippen molar-refractivity contribution in [3.8, 4) is 0 Å². The third kappa shape index (κ3) is 6.76. The van der Waals surface area contributed by atoms with Gasteiger partial charge < -0.3 is 9.84 Å². The van der Waals surface area contributed by atoms with Crippen molar-refractivity contribution >= 4 is 16.1 Å². The second-order valence-electron chi connectivity index (χ2n) is 7.62. The maximum Gasteiger partial charge on any atom is 0.307 e. The molecule has 1 aromatic rings. The summed E-state index contributed by atoms with van der Waals surface area (Å²) >= 11 is 0. The summed E-state index contributed by atoms with van der Waals surface area (Å²) in [6, 6.07) is 6.26. The zero-order valence-corrected chi connectivity index (χ0v) is 16.5. The van der Waals surface area contributed by atoms with Gasteiger partial charge in [0.25, 0.3) is 10.1 Å². The zero-order valence-electron chi connectivity index (χ0n) is 15.7. The van der Waals surface area contributed by atoms with Gasteiger partial charge in [0.05, 0.1) is 24.0 Å². The predicted molar refractivity (Wildman–Crippen MR) is 94.6 cm³/mol. The number of carbonyl (C=O) groups is 1. The summed E-state index contributed by atoms with van der Waals surface area (Å²) < 4.78 is 35.0. The molecule has 142 valence electrons. The first-order valence-corrected chi connectivity index (χ1v) is 9.52. The molecule has 0 bridgehead atoms. The first-order chi connectivity index (χ1) is 11.3. The van der Waals surface area contributed by atoms with Crippen LogP contribution in [0.3, 0.4) is 0 Å². The number of esters is 1. The Morgan fingerprint density at radius 3 is 2.12 bits per heavy atom. The summed E-state index contributed by atoms with van der Waals surface area (Å²) in [7, 11) is -3.98. The van der Waals surface area contributed by atoms with Crippen LogP contribution >= 0.6 is 0 Å². The van der Waals surface area contributed by atoms with Crippen LogP contribution in [0.25, 0.3) is 0 Å². The molecular weight excluding hydrogens is 344 g/mol. The van der Waals surface area contributed by atoms with Gasteiger partial charge >= 0.3 is 5.97 Å². The van der Waals surface area contributed by atoms with Crippen LogP contribution in [0.4, 0.5) is 0 Å². The molecule has 0 spiro atoms. The first-order valence-electron chi connectivity index (χ1n) is 8.11. The van der Waals surface area contributed by atoms with Crippen molar-refractivity contribution in [1.82, 2.24) is 0 Å². The van der Waals surface area contributed by atoms with E-state index in [-0.39, 0.29) is 17.9 Å². The Morgan fingerprint density at radius 1 is 1.16 bits per heavy atom. The lowest BCUT2D eigenvalue weighted by atomic mass is 9.82. The minimum absolute atomic E-state index is 0.0308. The maximum absolute atomic E-state index is 12.3. The molecule has 0 aliphatic heterocycles. The number of aliphatic hydroxyl groups is 1. The number of carbonyl (C=O) groups excluding carboxylic acids is 1. The number of rotatable bonds is 7. The minimum atomic E-state index is -3.98. The molecule has 0 aliphatic carbocycles. The molecule has 0 radical (unpaired) electrons. The molecule has 7 heteroatoms. The van der Waals surface area contributed by atoms with Crippen molar-refractivity contribution in [2.45, 2.75) is 64.6 Å². The topological polar surface area (TPSA) is 89.9 Å². The average molecular weight is 372 g/mol. The summed E-state index contributed by atoms with van der Waals surface area (Å²) in [6.45, 7) is 9.82. The standard InChI is InChI=1S/C18H28O6S/c1-13-7-9-15(10-8-13)25(21,22)23-12-18(6,14(2)19)11-16(20)24-17(3,4)5/h7-10,14,19H,11-12H2,1-6H3/t14?,18-/m1/s1. The number of aryl methyl sites for hydroxylation is 1. The van der Waals surface area contributed by atoms with Gasteiger partial charge in [-0.25, -0.2) is 0 Å². The van der Waals surface area contributed by atoms with E-state index in [1.54, 1.807) is 39.8 Å². The molecule has 0 aromatic heterocycles. The first kappa shape index (κ1) is 21.6. The molecule has 0 saturated carbocycles.